The Bertz CT molecular complexity index is 1620. The number of benzene rings is 3. The summed E-state index contributed by atoms with van der Waals surface area (Å²) in [6, 6.07) is 24.8. The third kappa shape index (κ3) is 5.11. The van der Waals surface area contributed by atoms with Crippen molar-refractivity contribution in [1.29, 1.82) is 0 Å². The number of hydrogen-bond donors (Lipinski definition) is 1. The fourth-order valence-electron chi connectivity index (χ4n) is 4.66. The van der Waals surface area contributed by atoms with E-state index in [4.69, 9.17) is 11.6 Å². The molecule has 0 bridgehead atoms. The Labute approximate surface area is 225 Å². The SMILES string of the molecule is O=S(=O)(CC1(O)CCC(Sc2ccc(Cl)cc2)c2c1ccn2S(=O)(=O)c1ccccc1)c1ccccc1. The van der Waals surface area contributed by atoms with Gasteiger partial charge in [0, 0.05) is 21.7 Å². The lowest BCUT2D eigenvalue weighted by Gasteiger charge is -2.36. The first-order chi connectivity index (χ1) is 17.6. The van der Waals surface area contributed by atoms with Crippen molar-refractivity contribution < 1.29 is 21.9 Å². The lowest BCUT2D eigenvalue weighted by Crippen LogP contribution is -2.39. The van der Waals surface area contributed by atoms with Gasteiger partial charge in [-0.05, 0) is 67.4 Å². The van der Waals surface area contributed by atoms with E-state index in [-0.39, 0.29) is 21.5 Å². The van der Waals surface area contributed by atoms with Crippen LogP contribution >= 0.6 is 23.4 Å². The molecule has 1 N–H and O–H groups in total. The second-order valence-electron chi connectivity index (χ2n) is 8.93. The Hall–Kier alpha value is -2.56. The van der Waals surface area contributed by atoms with Gasteiger partial charge >= 0.3 is 0 Å². The summed E-state index contributed by atoms with van der Waals surface area (Å²) in [4.78, 5) is 1.10. The highest BCUT2D eigenvalue weighted by molar-refractivity contribution is 7.99. The van der Waals surface area contributed by atoms with E-state index in [1.54, 1.807) is 48.5 Å². The van der Waals surface area contributed by atoms with Gasteiger partial charge in [-0.2, -0.15) is 0 Å². The van der Waals surface area contributed by atoms with Crippen LogP contribution in [0.5, 0.6) is 0 Å². The molecule has 0 saturated carbocycles. The van der Waals surface area contributed by atoms with Crippen molar-refractivity contribution >= 4 is 43.2 Å². The molecule has 1 aromatic heterocycles. The highest BCUT2D eigenvalue weighted by atomic mass is 35.5. The fraction of sp³-hybridized carbons (Fsp3) is 0.185. The summed E-state index contributed by atoms with van der Waals surface area (Å²) in [7, 11) is -7.84. The van der Waals surface area contributed by atoms with E-state index < -0.39 is 31.2 Å². The second kappa shape index (κ2) is 9.96. The van der Waals surface area contributed by atoms with Crippen LogP contribution in [-0.2, 0) is 25.5 Å². The predicted octanol–water partition coefficient (Wildman–Crippen LogP) is 5.67. The van der Waals surface area contributed by atoms with Crippen LogP contribution < -0.4 is 0 Å². The van der Waals surface area contributed by atoms with Gasteiger partial charge in [-0.1, -0.05) is 48.0 Å². The first-order valence-corrected chi connectivity index (χ1v) is 15.9. The number of rotatable bonds is 7. The number of sulfone groups is 1. The van der Waals surface area contributed by atoms with Gasteiger partial charge in [-0.15, -0.1) is 11.8 Å². The minimum Gasteiger partial charge on any atom is -0.384 e. The molecule has 0 aliphatic heterocycles. The molecule has 192 valence electrons. The summed E-state index contributed by atoms with van der Waals surface area (Å²) in [5.74, 6) is -0.551. The second-order valence-corrected chi connectivity index (χ2v) is 14.4. The van der Waals surface area contributed by atoms with Crippen LogP contribution in [0, 0.1) is 0 Å². The van der Waals surface area contributed by atoms with Gasteiger partial charge < -0.3 is 5.11 Å². The molecule has 1 aliphatic carbocycles. The topological polar surface area (TPSA) is 93.4 Å². The van der Waals surface area contributed by atoms with Gasteiger partial charge in [0.05, 0.1) is 26.5 Å². The molecule has 2 unspecified atom stereocenters. The van der Waals surface area contributed by atoms with Crippen LogP contribution in [0.25, 0.3) is 0 Å². The molecule has 1 heterocycles. The molecule has 0 saturated heterocycles. The minimum absolute atomic E-state index is 0.106. The van der Waals surface area contributed by atoms with Crippen LogP contribution in [0.1, 0.15) is 29.3 Å². The predicted molar refractivity (Wildman–Crippen MR) is 145 cm³/mol. The number of aliphatic hydroxyl groups is 1. The van der Waals surface area contributed by atoms with E-state index in [9.17, 15) is 21.9 Å². The quantitative estimate of drug-likeness (QED) is 0.306. The average molecular weight is 574 g/mol. The molecule has 2 atom stereocenters. The first kappa shape index (κ1) is 26.1. The maximum Gasteiger partial charge on any atom is 0.267 e. The van der Waals surface area contributed by atoms with Gasteiger partial charge in [0.15, 0.2) is 9.84 Å². The van der Waals surface area contributed by atoms with E-state index in [0.29, 0.717) is 22.7 Å². The maximum atomic E-state index is 13.7. The van der Waals surface area contributed by atoms with Crippen molar-refractivity contribution in [2.75, 3.05) is 5.75 Å². The Morgan fingerprint density at radius 3 is 2.08 bits per heavy atom. The zero-order chi connectivity index (χ0) is 26.3. The number of halogens is 1. The number of aromatic nitrogens is 1. The molecule has 37 heavy (non-hydrogen) atoms. The van der Waals surface area contributed by atoms with E-state index in [2.05, 4.69) is 0 Å². The maximum absolute atomic E-state index is 13.7. The lowest BCUT2D eigenvalue weighted by atomic mass is 9.84. The first-order valence-electron chi connectivity index (χ1n) is 11.5. The summed E-state index contributed by atoms with van der Waals surface area (Å²) >= 11 is 7.49. The third-order valence-corrected chi connectivity index (χ3v) is 11.5. The molecule has 4 aromatic rings. The lowest BCUT2D eigenvalue weighted by molar-refractivity contribution is 0.0415. The molecular formula is C27H24ClNO5S3. The van der Waals surface area contributed by atoms with E-state index in [0.717, 1.165) is 4.90 Å². The van der Waals surface area contributed by atoms with Crippen LogP contribution in [0.4, 0.5) is 0 Å². The van der Waals surface area contributed by atoms with Crippen molar-refractivity contribution in [2.24, 2.45) is 0 Å². The molecule has 6 nitrogen and oxygen atoms in total. The molecule has 5 rings (SSSR count). The zero-order valence-electron chi connectivity index (χ0n) is 19.6. The Morgan fingerprint density at radius 2 is 1.46 bits per heavy atom. The van der Waals surface area contributed by atoms with Crippen molar-refractivity contribution in [3.8, 4) is 0 Å². The third-order valence-electron chi connectivity index (χ3n) is 6.44. The van der Waals surface area contributed by atoms with Crippen LogP contribution in [0.15, 0.2) is 112 Å². The van der Waals surface area contributed by atoms with Gasteiger partial charge in [-0.3, -0.25) is 0 Å². The Kier molecular flexibility index (Phi) is 7.02. The summed E-state index contributed by atoms with van der Waals surface area (Å²) in [6.45, 7) is 0. The number of nitrogens with zero attached hydrogens (tertiary/aromatic N) is 1. The zero-order valence-corrected chi connectivity index (χ0v) is 22.8. The smallest absolute Gasteiger partial charge is 0.267 e. The highest BCUT2D eigenvalue weighted by Gasteiger charge is 2.45. The molecule has 10 heteroatoms. The minimum atomic E-state index is -3.99. The van der Waals surface area contributed by atoms with Crippen LogP contribution in [0.3, 0.4) is 0 Å². The number of fused-ring (bicyclic) bond motifs is 1. The molecule has 0 radical (unpaired) electrons. The summed E-state index contributed by atoms with van der Waals surface area (Å²) in [5, 5.41) is 12.0. The van der Waals surface area contributed by atoms with Gasteiger partial charge in [-0.25, -0.2) is 20.8 Å². The van der Waals surface area contributed by atoms with Crippen molar-refractivity contribution in [2.45, 2.75) is 38.4 Å². The van der Waals surface area contributed by atoms with Gasteiger partial charge in [0.1, 0.15) is 5.60 Å². The number of thioether (sulfide) groups is 1. The largest absolute Gasteiger partial charge is 0.384 e. The van der Waals surface area contributed by atoms with E-state index >= 15 is 0 Å². The molecule has 3 aromatic carbocycles. The van der Waals surface area contributed by atoms with Crippen molar-refractivity contribution in [3.63, 3.8) is 0 Å². The molecule has 0 spiro atoms. The van der Waals surface area contributed by atoms with Crippen LogP contribution in [-0.4, -0.2) is 31.7 Å². The van der Waals surface area contributed by atoms with E-state index in [1.165, 1.54) is 52.3 Å². The monoisotopic (exact) mass is 573 g/mol. The summed E-state index contributed by atoms with van der Waals surface area (Å²) in [5.41, 5.74) is -1.07. The highest BCUT2D eigenvalue weighted by Crippen LogP contribution is 2.50. The van der Waals surface area contributed by atoms with Crippen molar-refractivity contribution in [1.82, 2.24) is 3.97 Å². The molecule has 1 aliphatic rings. The molecule has 0 amide bonds. The summed E-state index contributed by atoms with van der Waals surface area (Å²) < 4.78 is 55.0. The fourth-order valence-corrected chi connectivity index (χ4v) is 9.16. The van der Waals surface area contributed by atoms with E-state index in [1.807, 2.05) is 12.1 Å². The molecular weight excluding hydrogens is 550 g/mol. The van der Waals surface area contributed by atoms with Gasteiger partial charge in [0.2, 0.25) is 0 Å². The Balaban J connectivity index is 1.61. The number of hydrogen-bond acceptors (Lipinski definition) is 6. The average Bonchev–Trinajstić information content (AvgIpc) is 3.36. The Morgan fingerprint density at radius 1 is 0.865 bits per heavy atom. The standard InChI is InChI=1S/C27H24ClNO5S3/c28-20-11-13-21(14-12-20)35-25-15-17-27(30,19-36(31,32)22-7-3-1-4-8-22)24-16-18-29(26(24)25)37(33,34)23-9-5-2-6-10-23/h1-14,16,18,25,30H,15,17,19H2. The van der Waals surface area contributed by atoms with Crippen molar-refractivity contribution in [3.05, 3.63) is 113 Å². The normalized spacial score (nSPS) is 19.9. The van der Waals surface area contributed by atoms with Gasteiger partial charge in [0.25, 0.3) is 10.0 Å². The molecule has 0 fully saturated rings. The summed E-state index contributed by atoms with van der Waals surface area (Å²) in [6.07, 6.45) is 1.94. The van der Waals surface area contributed by atoms with Crippen LogP contribution in [0.2, 0.25) is 5.02 Å².